The Balaban J connectivity index is 2.24. The first-order valence-corrected chi connectivity index (χ1v) is 8.36. The lowest BCUT2D eigenvalue weighted by molar-refractivity contribution is 0.0908. The summed E-state index contributed by atoms with van der Waals surface area (Å²) < 4.78 is 27.6. The summed E-state index contributed by atoms with van der Waals surface area (Å²) >= 11 is 0. The third-order valence-corrected chi connectivity index (χ3v) is 4.08. The summed E-state index contributed by atoms with van der Waals surface area (Å²) in [4.78, 5) is 0. The highest BCUT2D eigenvalue weighted by Gasteiger charge is 2.33. The van der Waals surface area contributed by atoms with Gasteiger partial charge in [-0.2, -0.15) is 0 Å². The van der Waals surface area contributed by atoms with E-state index in [4.69, 9.17) is 15.4 Å². The fourth-order valence-electron chi connectivity index (χ4n) is 1.70. The van der Waals surface area contributed by atoms with Crippen molar-refractivity contribution in [2.75, 3.05) is 19.0 Å². The zero-order valence-electron chi connectivity index (χ0n) is 9.99. The summed E-state index contributed by atoms with van der Waals surface area (Å²) in [5.41, 5.74) is 0. The van der Waals surface area contributed by atoms with Gasteiger partial charge in [-0.3, -0.25) is 0 Å². The molecule has 5 heteroatoms. The van der Waals surface area contributed by atoms with Gasteiger partial charge in [-0.25, -0.2) is 8.42 Å². The molecule has 1 aliphatic rings. The predicted octanol–water partition coefficient (Wildman–Crippen LogP) is 2.64. The van der Waals surface area contributed by atoms with Crippen LogP contribution in [0.15, 0.2) is 0 Å². The lowest BCUT2D eigenvalue weighted by Crippen LogP contribution is -2.20. The molecule has 1 unspecified atom stereocenters. The Morgan fingerprint density at radius 1 is 1.38 bits per heavy atom. The van der Waals surface area contributed by atoms with E-state index < -0.39 is 9.05 Å². The van der Waals surface area contributed by atoms with Crippen molar-refractivity contribution >= 4 is 19.7 Å². The Kier molecular flexibility index (Phi) is 5.54. The van der Waals surface area contributed by atoms with Crippen LogP contribution in [0.3, 0.4) is 0 Å². The topological polar surface area (TPSA) is 43.4 Å². The van der Waals surface area contributed by atoms with Crippen molar-refractivity contribution < 1.29 is 13.2 Å². The summed E-state index contributed by atoms with van der Waals surface area (Å²) in [7, 11) is 1.89. The van der Waals surface area contributed by atoms with Crippen LogP contribution in [0.1, 0.15) is 33.1 Å². The molecule has 1 fully saturated rings. The van der Waals surface area contributed by atoms with Gasteiger partial charge in [-0.05, 0) is 31.1 Å². The van der Waals surface area contributed by atoms with Crippen LogP contribution in [-0.4, -0.2) is 27.4 Å². The average Bonchev–Trinajstić information content (AvgIpc) is 2.90. The second-order valence-corrected chi connectivity index (χ2v) is 7.88. The second kappa shape index (κ2) is 6.22. The number of rotatable bonds is 8. The lowest BCUT2D eigenvalue weighted by atomic mass is 10.1. The van der Waals surface area contributed by atoms with E-state index in [1.165, 1.54) is 0 Å². The highest BCUT2D eigenvalue weighted by molar-refractivity contribution is 8.13. The summed E-state index contributed by atoms with van der Waals surface area (Å²) in [6.45, 7) is 5.53. The molecule has 1 atom stereocenters. The quantitative estimate of drug-likeness (QED) is 0.502. The van der Waals surface area contributed by atoms with Crippen molar-refractivity contribution in [1.82, 2.24) is 0 Å². The molecule has 0 aromatic rings. The summed E-state index contributed by atoms with van der Waals surface area (Å²) in [5.74, 6) is 1.28. The van der Waals surface area contributed by atoms with E-state index >= 15 is 0 Å². The Morgan fingerprint density at radius 2 is 2.00 bits per heavy atom. The summed E-state index contributed by atoms with van der Waals surface area (Å²) in [5, 5.41) is 0. The maximum Gasteiger partial charge on any atom is 0.232 e. The van der Waals surface area contributed by atoms with Crippen LogP contribution in [0.2, 0.25) is 0 Å². The number of ether oxygens (including phenoxy) is 1. The molecular formula is C11H21ClO3S. The van der Waals surface area contributed by atoms with Gasteiger partial charge in [0.1, 0.15) is 0 Å². The SMILES string of the molecule is CC(C)CCOCC(CS(=O)(=O)Cl)C1CC1. The van der Waals surface area contributed by atoms with Gasteiger partial charge in [-0.1, -0.05) is 13.8 Å². The molecule has 0 aromatic carbocycles. The first-order valence-electron chi connectivity index (χ1n) is 5.88. The van der Waals surface area contributed by atoms with Gasteiger partial charge in [0.05, 0.1) is 12.4 Å². The molecule has 3 nitrogen and oxygen atoms in total. The lowest BCUT2D eigenvalue weighted by Gasteiger charge is -2.15. The van der Waals surface area contributed by atoms with Crippen LogP contribution in [0.4, 0.5) is 0 Å². The maximum absolute atomic E-state index is 11.0. The molecule has 0 heterocycles. The molecule has 1 aliphatic carbocycles. The standard InChI is InChI=1S/C11H21ClO3S/c1-9(2)5-6-15-7-11(10-3-4-10)8-16(12,13)14/h9-11H,3-8H2,1-2H3. The van der Waals surface area contributed by atoms with Crippen molar-refractivity contribution in [3.63, 3.8) is 0 Å². The van der Waals surface area contributed by atoms with E-state index in [1.807, 2.05) is 0 Å². The fraction of sp³-hybridized carbons (Fsp3) is 1.00. The number of halogens is 1. The normalized spacial score (nSPS) is 19.0. The summed E-state index contributed by atoms with van der Waals surface area (Å²) in [6.07, 6.45) is 3.25. The molecule has 0 amide bonds. The van der Waals surface area contributed by atoms with Crippen LogP contribution in [0, 0.1) is 17.8 Å². The predicted molar refractivity (Wildman–Crippen MR) is 66.1 cm³/mol. The molecule has 0 aliphatic heterocycles. The maximum atomic E-state index is 11.0. The average molecular weight is 269 g/mol. The molecule has 1 rings (SSSR count). The van der Waals surface area contributed by atoms with Crippen molar-refractivity contribution in [2.45, 2.75) is 33.1 Å². The molecule has 0 aromatic heterocycles. The van der Waals surface area contributed by atoms with Gasteiger partial charge < -0.3 is 4.74 Å². The highest BCUT2D eigenvalue weighted by Crippen LogP contribution is 2.38. The van der Waals surface area contributed by atoms with Gasteiger partial charge in [0.2, 0.25) is 9.05 Å². The van der Waals surface area contributed by atoms with Gasteiger partial charge >= 0.3 is 0 Å². The fourth-order valence-corrected chi connectivity index (χ4v) is 3.06. The minimum Gasteiger partial charge on any atom is -0.381 e. The molecule has 0 spiro atoms. The van der Waals surface area contributed by atoms with E-state index in [9.17, 15) is 8.42 Å². The molecular weight excluding hydrogens is 248 g/mol. The van der Waals surface area contributed by atoms with Gasteiger partial charge in [0.15, 0.2) is 0 Å². The summed E-state index contributed by atoms with van der Waals surface area (Å²) in [6, 6.07) is 0. The smallest absolute Gasteiger partial charge is 0.232 e. The van der Waals surface area contributed by atoms with Crippen LogP contribution in [0.5, 0.6) is 0 Å². The Morgan fingerprint density at radius 3 is 2.44 bits per heavy atom. The van der Waals surface area contributed by atoms with E-state index in [0.717, 1.165) is 19.3 Å². The largest absolute Gasteiger partial charge is 0.381 e. The minimum atomic E-state index is -3.39. The monoisotopic (exact) mass is 268 g/mol. The third-order valence-electron chi connectivity index (χ3n) is 2.87. The number of hydrogen-bond acceptors (Lipinski definition) is 3. The third kappa shape index (κ3) is 6.71. The Labute approximate surface area is 103 Å². The Bertz CT molecular complexity index is 296. The molecule has 0 bridgehead atoms. The molecule has 96 valence electrons. The molecule has 1 saturated carbocycles. The molecule has 0 radical (unpaired) electrons. The van der Waals surface area contributed by atoms with Crippen LogP contribution in [0.25, 0.3) is 0 Å². The minimum absolute atomic E-state index is 0.0564. The molecule has 0 N–H and O–H groups in total. The van der Waals surface area contributed by atoms with Crippen molar-refractivity contribution in [2.24, 2.45) is 17.8 Å². The molecule has 16 heavy (non-hydrogen) atoms. The van der Waals surface area contributed by atoms with E-state index in [1.54, 1.807) is 0 Å². The highest BCUT2D eigenvalue weighted by atomic mass is 35.7. The van der Waals surface area contributed by atoms with Crippen LogP contribution in [-0.2, 0) is 13.8 Å². The number of hydrogen-bond donors (Lipinski definition) is 0. The zero-order chi connectivity index (χ0) is 12.2. The van der Waals surface area contributed by atoms with Crippen molar-refractivity contribution in [1.29, 1.82) is 0 Å². The van der Waals surface area contributed by atoms with Gasteiger partial charge in [-0.15, -0.1) is 0 Å². The van der Waals surface area contributed by atoms with Gasteiger partial charge in [0.25, 0.3) is 0 Å². The first kappa shape index (κ1) is 14.3. The van der Waals surface area contributed by atoms with Crippen LogP contribution < -0.4 is 0 Å². The van der Waals surface area contributed by atoms with Crippen molar-refractivity contribution in [3.8, 4) is 0 Å². The molecule has 0 saturated heterocycles. The van der Waals surface area contributed by atoms with Gasteiger partial charge in [0, 0.05) is 23.2 Å². The van der Waals surface area contributed by atoms with E-state index in [0.29, 0.717) is 25.0 Å². The van der Waals surface area contributed by atoms with Crippen molar-refractivity contribution in [3.05, 3.63) is 0 Å². The van der Waals surface area contributed by atoms with E-state index in [-0.39, 0.29) is 11.7 Å². The second-order valence-electron chi connectivity index (χ2n) is 5.06. The zero-order valence-corrected chi connectivity index (χ0v) is 11.6. The van der Waals surface area contributed by atoms with E-state index in [2.05, 4.69) is 13.8 Å². The van der Waals surface area contributed by atoms with Crippen LogP contribution >= 0.6 is 10.7 Å². The Hall–Kier alpha value is 0.200. The first-order chi connectivity index (χ1) is 7.38.